The zero-order chi connectivity index (χ0) is 14.7. The first-order valence-corrected chi connectivity index (χ1v) is 7.43. The van der Waals surface area contributed by atoms with Crippen molar-refractivity contribution in [2.75, 3.05) is 6.54 Å². The molecule has 0 spiro atoms. The fourth-order valence-corrected chi connectivity index (χ4v) is 2.71. The number of hydrogen-bond acceptors (Lipinski definition) is 1. The lowest BCUT2D eigenvalue weighted by Crippen LogP contribution is -2.10. The van der Waals surface area contributed by atoms with Crippen LogP contribution in [-0.2, 0) is 6.42 Å². The molecule has 2 fully saturated rings. The smallest absolute Gasteiger partial charge is 0.123 e. The first-order valence-electron chi connectivity index (χ1n) is 7.43. The van der Waals surface area contributed by atoms with E-state index in [0.717, 1.165) is 23.1 Å². The van der Waals surface area contributed by atoms with Crippen LogP contribution in [0.4, 0.5) is 8.78 Å². The Labute approximate surface area is 124 Å². The number of piperidine rings is 1. The summed E-state index contributed by atoms with van der Waals surface area (Å²) in [4.78, 5) is 0. The minimum atomic E-state index is -0.238. The largest absolute Gasteiger partial charge is 0.314 e. The Morgan fingerprint density at radius 3 is 1.67 bits per heavy atom. The van der Waals surface area contributed by atoms with Gasteiger partial charge in [-0.05, 0) is 67.1 Å². The third-order valence-corrected chi connectivity index (χ3v) is 4.08. The van der Waals surface area contributed by atoms with Gasteiger partial charge >= 0.3 is 0 Å². The van der Waals surface area contributed by atoms with Gasteiger partial charge in [0.05, 0.1) is 0 Å². The van der Waals surface area contributed by atoms with Crippen molar-refractivity contribution in [1.82, 2.24) is 5.32 Å². The maximum absolute atomic E-state index is 12.6. The van der Waals surface area contributed by atoms with Crippen LogP contribution >= 0.6 is 0 Å². The number of benzene rings is 2. The van der Waals surface area contributed by atoms with Crippen LogP contribution in [0.2, 0.25) is 0 Å². The highest BCUT2D eigenvalue weighted by molar-refractivity contribution is 5.26. The van der Waals surface area contributed by atoms with E-state index in [9.17, 15) is 8.78 Å². The van der Waals surface area contributed by atoms with E-state index >= 15 is 0 Å². The Hall–Kier alpha value is -1.74. The van der Waals surface area contributed by atoms with Crippen molar-refractivity contribution in [3.8, 4) is 0 Å². The Bertz CT molecular complexity index is 526. The second kappa shape index (κ2) is 6.35. The highest BCUT2D eigenvalue weighted by Gasteiger charge is 2.40. The van der Waals surface area contributed by atoms with E-state index < -0.39 is 0 Å². The van der Waals surface area contributed by atoms with Gasteiger partial charge in [0.2, 0.25) is 0 Å². The van der Waals surface area contributed by atoms with Crippen LogP contribution in [0, 0.1) is 17.6 Å². The molecule has 1 saturated carbocycles. The molecule has 2 aromatic rings. The molecule has 1 aliphatic carbocycles. The van der Waals surface area contributed by atoms with Crippen molar-refractivity contribution in [3.63, 3.8) is 0 Å². The molecule has 0 bridgehead atoms. The van der Waals surface area contributed by atoms with Gasteiger partial charge in [-0.1, -0.05) is 24.3 Å². The third kappa shape index (κ3) is 4.11. The van der Waals surface area contributed by atoms with Crippen molar-refractivity contribution in [3.05, 3.63) is 71.3 Å². The topological polar surface area (TPSA) is 12.0 Å². The van der Waals surface area contributed by atoms with Gasteiger partial charge in [-0.3, -0.25) is 0 Å². The van der Waals surface area contributed by atoms with Crippen LogP contribution in [0.15, 0.2) is 48.5 Å². The van der Waals surface area contributed by atoms with Crippen molar-refractivity contribution in [2.45, 2.75) is 25.3 Å². The van der Waals surface area contributed by atoms with Crippen molar-refractivity contribution < 1.29 is 8.78 Å². The number of halogens is 2. The van der Waals surface area contributed by atoms with E-state index in [1.54, 1.807) is 24.3 Å². The predicted molar refractivity (Wildman–Crippen MR) is 80.1 cm³/mol. The summed E-state index contributed by atoms with van der Waals surface area (Å²) in [7, 11) is 0. The van der Waals surface area contributed by atoms with Gasteiger partial charge in [0.1, 0.15) is 11.6 Å². The number of nitrogens with one attached hydrogen (secondary N) is 1. The van der Waals surface area contributed by atoms with Gasteiger partial charge in [-0.2, -0.15) is 0 Å². The Kier molecular flexibility index (Phi) is 4.30. The molecule has 2 unspecified atom stereocenters. The first-order chi connectivity index (χ1) is 10.2. The van der Waals surface area contributed by atoms with Crippen molar-refractivity contribution >= 4 is 0 Å². The summed E-state index contributed by atoms with van der Waals surface area (Å²) in [5.41, 5.74) is 2.03. The molecular formula is C18H19F2N. The van der Waals surface area contributed by atoms with Gasteiger partial charge in [0.25, 0.3) is 0 Å². The maximum atomic E-state index is 12.6. The Morgan fingerprint density at radius 1 is 0.857 bits per heavy atom. The van der Waals surface area contributed by atoms with E-state index in [1.165, 1.54) is 43.7 Å². The normalized spacial score (nSPS) is 22.2. The van der Waals surface area contributed by atoms with Crippen LogP contribution in [0.1, 0.15) is 24.0 Å². The quantitative estimate of drug-likeness (QED) is 0.882. The van der Waals surface area contributed by atoms with Gasteiger partial charge < -0.3 is 5.32 Å². The summed E-state index contributed by atoms with van der Waals surface area (Å²) in [6.45, 7) is 1.29. The van der Waals surface area contributed by atoms with Crippen LogP contribution < -0.4 is 5.32 Å². The second-order valence-electron chi connectivity index (χ2n) is 5.77. The van der Waals surface area contributed by atoms with Crippen LogP contribution in [0.25, 0.3) is 0 Å². The van der Waals surface area contributed by atoms with Crippen molar-refractivity contribution in [1.29, 1.82) is 0 Å². The molecule has 2 atom stereocenters. The zero-order valence-electron chi connectivity index (χ0n) is 11.9. The fourth-order valence-electron chi connectivity index (χ4n) is 2.71. The van der Waals surface area contributed by atoms with E-state index in [1.807, 2.05) is 0 Å². The van der Waals surface area contributed by atoms with Gasteiger partial charge in [-0.25, -0.2) is 8.78 Å². The summed E-state index contributed by atoms with van der Waals surface area (Å²) in [6.07, 6.45) is 3.62. The molecule has 21 heavy (non-hydrogen) atoms. The molecule has 0 aromatic heterocycles. The molecule has 2 aliphatic rings. The van der Waals surface area contributed by atoms with Gasteiger partial charge in [0.15, 0.2) is 0 Å². The Balaban J connectivity index is 0.000000180. The third-order valence-electron chi connectivity index (χ3n) is 4.08. The summed E-state index contributed by atoms with van der Waals surface area (Å²) in [5.74, 6) is 0.626. The molecule has 1 nitrogen and oxygen atoms in total. The molecule has 2 aromatic carbocycles. The minimum absolute atomic E-state index is 0.238. The molecule has 0 amide bonds. The summed E-state index contributed by atoms with van der Waals surface area (Å²) < 4.78 is 25.3. The fraction of sp³-hybridized carbons (Fsp3) is 0.333. The number of fused-ring (bicyclic) bond motifs is 1. The SMILES string of the molecule is C1CC2CC2N1.Fc1ccc(Cc2ccc(F)cc2)cc1. The average molecular weight is 287 g/mol. The molecule has 3 heteroatoms. The molecule has 4 rings (SSSR count). The molecule has 1 saturated heterocycles. The Morgan fingerprint density at radius 2 is 1.38 bits per heavy atom. The summed E-state index contributed by atoms with van der Waals surface area (Å²) in [5, 5.41) is 3.39. The molecule has 110 valence electrons. The molecule has 0 radical (unpaired) electrons. The van der Waals surface area contributed by atoms with E-state index in [-0.39, 0.29) is 11.6 Å². The van der Waals surface area contributed by atoms with Crippen LogP contribution in [0.3, 0.4) is 0 Å². The lowest BCUT2D eigenvalue weighted by atomic mass is 10.1. The van der Waals surface area contributed by atoms with E-state index in [0.29, 0.717) is 6.42 Å². The predicted octanol–water partition coefficient (Wildman–Crippen LogP) is 3.92. The lowest BCUT2D eigenvalue weighted by molar-refractivity contribution is 0.627. The minimum Gasteiger partial charge on any atom is -0.314 e. The van der Waals surface area contributed by atoms with Crippen molar-refractivity contribution in [2.24, 2.45) is 5.92 Å². The highest BCUT2D eigenvalue weighted by Crippen LogP contribution is 2.37. The zero-order valence-corrected chi connectivity index (χ0v) is 11.9. The monoisotopic (exact) mass is 287 g/mol. The van der Waals surface area contributed by atoms with Crippen LogP contribution in [0.5, 0.6) is 0 Å². The van der Waals surface area contributed by atoms with Gasteiger partial charge in [-0.15, -0.1) is 0 Å². The number of hydrogen-bond donors (Lipinski definition) is 1. The van der Waals surface area contributed by atoms with E-state index in [2.05, 4.69) is 5.32 Å². The summed E-state index contributed by atoms with van der Waals surface area (Å²) in [6, 6.07) is 13.6. The molecule has 1 N–H and O–H groups in total. The summed E-state index contributed by atoms with van der Waals surface area (Å²) >= 11 is 0. The number of rotatable bonds is 2. The standard InChI is InChI=1S/C13H10F2.C5H9N/c14-12-5-1-10(2-6-12)9-11-3-7-13(15)8-4-11;1-2-6-5-3-4(1)5/h1-8H,9H2;4-6H,1-3H2. The molecule has 1 aliphatic heterocycles. The van der Waals surface area contributed by atoms with E-state index in [4.69, 9.17) is 0 Å². The second-order valence-corrected chi connectivity index (χ2v) is 5.77. The first kappa shape index (κ1) is 14.2. The molecular weight excluding hydrogens is 268 g/mol. The van der Waals surface area contributed by atoms with Gasteiger partial charge in [0, 0.05) is 6.04 Å². The highest BCUT2D eigenvalue weighted by atomic mass is 19.1. The van der Waals surface area contributed by atoms with Crippen LogP contribution in [-0.4, -0.2) is 12.6 Å². The average Bonchev–Trinajstić information content (AvgIpc) is 3.10. The maximum Gasteiger partial charge on any atom is 0.123 e. The lowest BCUT2D eigenvalue weighted by Gasteiger charge is -2.01. The molecule has 1 heterocycles.